The smallest absolute Gasteiger partial charge is 0.271 e. The number of benzene rings is 3. The van der Waals surface area contributed by atoms with E-state index in [-0.39, 0.29) is 11.7 Å². The van der Waals surface area contributed by atoms with Gasteiger partial charge in [-0.25, -0.2) is 5.43 Å². The molecule has 0 unspecified atom stereocenters. The molecule has 0 aromatic heterocycles. The number of aromatic hydroxyl groups is 1. The Labute approximate surface area is 169 Å². The summed E-state index contributed by atoms with van der Waals surface area (Å²) in [6.45, 7) is 2.50. The molecule has 148 valence electrons. The van der Waals surface area contributed by atoms with Gasteiger partial charge in [-0.2, -0.15) is 5.10 Å². The number of phenolic OH excluding ortho intramolecular Hbond substituents is 1. The molecule has 0 aliphatic carbocycles. The lowest BCUT2D eigenvalue weighted by molar-refractivity contribution is 0.0955. The van der Waals surface area contributed by atoms with E-state index in [1.165, 1.54) is 18.9 Å². The first kappa shape index (κ1) is 19.9. The van der Waals surface area contributed by atoms with Crippen molar-refractivity contribution in [2.45, 2.75) is 13.5 Å². The molecule has 2 N–H and O–H groups in total. The Morgan fingerprint density at radius 1 is 1.07 bits per heavy atom. The van der Waals surface area contributed by atoms with Crippen LogP contribution in [0.3, 0.4) is 0 Å². The van der Waals surface area contributed by atoms with Gasteiger partial charge in [0, 0.05) is 11.1 Å². The maximum absolute atomic E-state index is 12.2. The molecule has 6 heteroatoms. The van der Waals surface area contributed by atoms with Gasteiger partial charge < -0.3 is 14.6 Å². The van der Waals surface area contributed by atoms with Crippen molar-refractivity contribution in [3.63, 3.8) is 0 Å². The normalized spacial score (nSPS) is 10.7. The Bertz CT molecular complexity index is 996. The van der Waals surface area contributed by atoms with Crippen LogP contribution in [-0.2, 0) is 6.61 Å². The van der Waals surface area contributed by atoms with Crippen LogP contribution in [-0.4, -0.2) is 24.3 Å². The average molecular weight is 390 g/mol. The van der Waals surface area contributed by atoms with E-state index in [4.69, 9.17) is 9.47 Å². The van der Waals surface area contributed by atoms with E-state index in [2.05, 4.69) is 10.5 Å². The number of methoxy groups -OCH3 is 1. The maximum Gasteiger partial charge on any atom is 0.271 e. The van der Waals surface area contributed by atoms with Gasteiger partial charge in [-0.05, 0) is 48.9 Å². The fraction of sp³-hybridized carbons (Fsp3) is 0.130. The van der Waals surface area contributed by atoms with Crippen LogP contribution < -0.4 is 14.9 Å². The molecule has 0 aliphatic heterocycles. The van der Waals surface area contributed by atoms with E-state index in [1.54, 1.807) is 42.5 Å². The van der Waals surface area contributed by atoms with Crippen LogP contribution in [0.4, 0.5) is 0 Å². The summed E-state index contributed by atoms with van der Waals surface area (Å²) in [7, 11) is 1.46. The van der Waals surface area contributed by atoms with E-state index >= 15 is 0 Å². The highest BCUT2D eigenvalue weighted by atomic mass is 16.5. The van der Waals surface area contributed by atoms with Gasteiger partial charge in [0.2, 0.25) is 0 Å². The third-order valence-electron chi connectivity index (χ3n) is 4.26. The van der Waals surface area contributed by atoms with Crippen LogP contribution in [0.2, 0.25) is 0 Å². The molecule has 0 saturated heterocycles. The van der Waals surface area contributed by atoms with E-state index in [0.717, 1.165) is 5.56 Å². The number of nitrogens with zero attached hydrogens (tertiary/aromatic N) is 1. The second kappa shape index (κ2) is 9.41. The SMILES string of the molecule is COc1cccc(C=NNC(=O)c2ccc(OCc3ccc(C)cc3)cc2)c1O. The molecule has 29 heavy (non-hydrogen) atoms. The van der Waals surface area contributed by atoms with Gasteiger partial charge in [0.1, 0.15) is 12.4 Å². The van der Waals surface area contributed by atoms with E-state index in [1.807, 2.05) is 31.2 Å². The van der Waals surface area contributed by atoms with Crippen molar-refractivity contribution < 1.29 is 19.4 Å². The Balaban J connectivity index is 1.55. The van der Waals surface area contributed by atoms with Gasteiger partial charge in [0.25, 0.3) is 5.91 Å². The summed E-state index contributed by atoms with van der Waals surface area (Å²) < 4.78 is 10.8. The quantitative estimate of drug-likeness (QED) is 0.471. The topological polar surface area (TPSA) is 80.2 Å². The molecular formula is C23H22N2O4. The van der Waals surface area contributed by atoms with Crippen molar-refractivity contribution in [3.8, 4) is 17.2 Å². The van der Waals surface area contributed by atoms with Crippen molar-refractivity contribution in [1.29, 1.82) is 0 Å². The van der Waals surface area contributed by atoms with Crippen LogP contribution >= 0.6 is 0 Å². The summed E-state index contributed by atoms with van der Waals surface area (Å²) in [6.07, 6.45) is 1.36. The van der Waals surface area contributed by atoms with E-state index in [0.29, 0.717) is 29.2 Å². The van der Waals surface area contributed by atoms with Crippen molar-refractivity contribution in [2.24, 2.45) is 5.10 Å². The summed E-state index contributed by atoms with van der Waals surface area (Å²) >= 11 is 0. The fourth-order valence-corrected chi connectivity index (χ4v) is 2.59. The Kier molecular flexibility index (Phi) is 6.47. The summed E-state index contributed by atoms with van der Waals surface area (Å²) in [6, 6.07) is 19.9. The van der Waals surface area contributed by atoms with Gasteiger partial charge in [-0.1, -0.05) is 35.9 Å². The average Bonchev–Trinajstić information content (AvgIpc) is 2.75. The molecule has 1 amide bonds. The number of amides is 1. The van der Waals surface area contributed by atoms with Crippen LogP contribution in [0.1, 0.15) is 27.0 Å². The first-order valence-corrected chi connectivity index (χ1v) is 9.04. The minimum atomic E-state index is -0.367. The maximum atomic E-state index is 12.2. The number of carbonyl (C=O) groups is 1. The number of para-hydroxylation sites is 1. The molecule has 0 saturated carbocycles. The minimum absolute atomic E-state index is 0.0388. The van der Waals surface area contributed by atoms with E-state index in [9.17, 15) is 9.90 Å². The van der Waals surface area contributed by atoms with Gasteiger partial charge in [-0.3, -0.25) is 4.79 Å². The van der Waals surface area contributed by atoms with Gasteiger partial charge in [-0.15, -0.1) is 0 Å². The number of hydrogen-bond donors (Lipinski definition) is 2. The second-order valence-electron chi connectivity index (χ2n) is 6.40. The van der Waals surface area contributed by atoms with Gasteiger partial charge >= 0.3 is 0 Å². The Morgan fingerprint density at radius 3 is 2.48 bits per heavy atom. The number of nitrogens with one attached hydrogen (secondary N) is 1. The zero-order chi connectivity index (χ0) is 20.6. The number of hydrazone groups is 1. The van der Waals surface area contributed by atoms with Crippen LogP contribution in [0, 0.1) is 6.92 Å². The molecule has 0 fully saturated rings. The molecule has 0 bridgehead atoms. The summed E-state index contributed by atoms with van der Waals surface area (Å²) in [5, 5.41) is 13.9. The highest BCUT2D eigenvalue weighted by Gasteiger charge is 2.07. The number of phenols is 1. The predicted molar refractivity (Wildman–Crippen MR) is 112 cm³/mol. The highest BCUT2D eigenvalue weighted by Crippen LogP contribution is 2.27. The molecular weight excluding hydrogens is 368 g/mol. The third kappa shape index (κ3) is 5.35. The van der Waals surface area contributed by atoms with E-state index < -0.39 is 0 Å². The first-order chi connectivity index (χ1) is 14.1. The summed E-state index contributed by atoms with van der Waals surface area (Å²) in [5.41, 5.74) is 5.59. The van der Waals surface area contributed by atoms with Crippen LogP contribution in [0.5, 0.6) is 17.2 Å². The number of carbonyl (C=O) groups excluding carboxylic acids is 1. The zero-order valence-corrected chi connectivity index (χ0v) is 16.3. The number of ether oxygens (including phenoxy) is 2. The molecule has 3 aromatic carbocycles. The standard InChI is InChI=1S/C23H22N2O4/c1-16-6-8-17(9-7-16)15-29-20-12-10-18(11-13-20)23(27)25-24-14-19-4-3-5-21(28-2)22(19)26/h3-14,26H,15H2,1-2H3,(H,25,27). The molecule has 3 aromatic rings. The number of aryl methyl sites for hydroxylation is 1. The lowest BCUT2D eigenvalue weighted by Gasteiger charge is -2.07. The molecule has 0 heterocycles. The minimum Gasteiger partial charge on any atom is -0.504 e. The zero-order valence-electron chi connectivity index (χ0n) is 16.3. The van der Waals surface area contributed by atoms with Crippen molar-refractivity contribution in [3.05, 3.63) is 89.0 Å². The molecule has 3 rings (SSSR count). The molecule has 0 atom stereocenters. The number of rotatable bonds is 7. The summed E-state index contributed by atoms with van der Waals surface area (Å²) in [5.74, 6) is 0.602. The molecule has 6 nitrogen and oxygen atoms in total. The molecule has 0 spiro atoms. The molecule has 0 radical (unpaired) electrons. The van der Waals surface area contributed by atoms with Crippen LogP contribution in [0.25, 0.3) is 0 Å². The lowest BCUT2D eigenvalue weighted by atomic mass is 10.2. The van der Waals surface area contributed by atoms with Crippen LogP contribution in [0.15, 0.2) is 71.8 Å². The predicted octanol–water partition coefficient (Wildman–Crippen LogP) is 4.05. The Morgan fingerprint density at radius 2 is 1.79 bits per heavy atom. The second-order valence-corrected chi connectivity index (χ2v) is 6.40. The van der Waals surface area contributed by atoms with Crippen molar-refractivity contribution >= 4 is 12.1 Å². The third-order valence-corrected chi connectivity index (χ3v) is 4.26. The number of hydrogen-bond acceptors (Lipinski definition) is 5. The lowest BCUT2D eigenvalue weighted by Crippen LogP contribution is -2.17. The largest absolute Gasteiger partial charge is 0.504 e. The van der Waals surface area contributed by atoms with Gasteiger partial charge in [0.05, 0.1) is 13.3 Å². The monoisotopic (exact) mass is 390 g/mol. The fourth-order valence-electron chi connectivity index (χ4n) is 2.59. The highest BCUT2D eigenvalue weighted by molar-refractivity contribution is 5.95. The first-order valence-electron chi connectivity index (χ1n) is 9.04. The van der Waals surface area contributed by atoms with Crippen molar-refractivity contribution in [2.75, 3.05) is 7.11 Å². The van der Waals surface area contributed by atoms with Gasteiger partial charge in [0.15, 0.2) is 11.5 Å². The Hall–Kier alpha value is -3.80. The van der Waals surface area contributed by atoms with Crippen molar-refractivity contribution in [1.82, 2.24) is 5.43 Å². The summed E-state index contributed by atoms with van der Waals surface area (Å²) in [4.78, 5) is 12.2. The molecule has 0 aliphatic rings.